The van der Waals surface area contributed by atoms with E-state index in [0.29, 0.717) is 11.1 Å². The fourth-order valence-electron chi connectivity index (χ4n) is 7.65. The third-order valence-corrected chi connectivity index (χ3v) is 12.6. The van der Waals surface area contributed by atoms with Crippen molar-refractivity contribution in [3.63, 3.8) is 0 Å². The lowest BCUT2D eigenvalue weighted by molar-refractivity contribution is -0.143. The number of aliphatic imine (C=N–C) groups is 1. The van der Waals surface area contributed by atoms with Crippen molar-refractivity contribution in [2.45, 2.75) is 147 Å². The molecule has 2 aromatic rings. The third-order valence-electron chi connectivity index (χ3n) is 12.6. The van der Waals surface area contributed by atoms with Crippen LogP contribution in [0.1, 0.15) is 90.8 Å². The average molecular weight is 1140 g/mol. The Morgan fingerprint density at radius 1 is 0.593 bits per heavy atom. The zero-order valence-corrected chi connectivity index (χ0v) is 46.3. The summed E-state index contributed by atoms with van der Waals surface area (Å²) >= 11 is 0. The summed E-state index contributed by atoms with van der Waals surface area (Å²) < 4.78 is 5.37. The van der Waals surface area contributed by atoms with E-state index in [1.807, 2.05) is 5.32 Å². The molecule has 0 saturated heterocycles. The van der Waals surface area contributed by atoms with Gasteiger partial charge in [-0.3, -0.25) is 43.3 Å². The number of aliphatic hydroxyl groups excluding tert-OH is 4. The minimum atomic E-state index is -1.76. The van der Waals surface area contributed by atoms with Crippen molar-refractivity contribution < 1.29 is 78.2 Å². The van der Waals surface area contributed by atoms with Crippen molar-refractivity contribution in [1.82, 2.24) is 47.9 Å². The highest BCUT2D eigenvalue weighted by molar-refractivity contribution is 5.98. The molecule has 0 bridgehead atoms. The number of hydrogen-bond donors (Lipinski definition) is 17. The fraction of sp³-hybridized carbons (Fsp3) is 0.558. The second-order valence-electron chi connectivity index (χ2n) is 19.4. The topological polar surface area (TPSA) is 480 Å². The minimum Gasteiger partial charge on any atom is -0.480 e. The predicted molar refractivity (Wildman–Crippen MR) is 292 cm³/mol. The Morgan fingerprint density at radius 3 is 1.64 bits per heavy atom. The summed E-state index contributed by atoms with van der Waals surface area (Å²) in [5.41, 5.74) is 18.6. The number of alkyl carbamates (subject to hydrolysis) is 1. The Balaban J connectivity index is 2.39. The number of aliphatic hydroxyl groups is 4. The maximum atomic E-state index is 14.3. The lowest BCUT2D eigenvalue weighted by Crippen LogP contribution is -2.63. The van der Waals surface area contributed by atoms with Crippen LogP contribution in [0, 0.1) is 11.8 Å². The van der Waals surface area contributed by atoms with Gasteiger partial charge in [0.1, 0.15) is 54.9 Å². The molecule has 1 unspecified atom stereocenters. The van der Waals surface area contributed by atoms with Crippen molar-refractivity contribution in [3.05, 3.63) is 71.8 Å². The second kappa shape index (κ2) is 35.6. The molecule has 0 aromatic heterocycles. The van der Waals surface area contributed by atoms with Crippen molar-refractivity contribution in [3.8, 4) is 0 Å². The number of aliphatic carboxylic acids is 1. The van der Waals surface area contributed by atoms with Crippen molar-refractivity contribution in [2.75, 3.05) is 26.3 Å². The zero-order valence-electron chi connectivity index (χ0n) is 46.3. The van der Waals surface area contributed by atoms with E-state index in [9.17, 15) is 68.4 Å². The molecule has 0 heterocycles. The first-order valence-electron chi connectivity index (χ1n) is 26.3. The Labute approximate surface area is 469 Å². The van der Waals surface area contributed by atoms with E-state index in [0.717, 1.165) is 6.92 Å². The number of carbonyl (C=O) groups excluding carboxylic acids is 9. The molecule has 0 spiro atoms. The summed E-state index contributed by atoms with van der Waals surface area (Å²) in [6.07, 6.45) is -3.76. The molecular formula is C52H81N13O16. The van der Waals surface area contributed by atoms with Crippen LogP contribution in [0.2, 0.25) is 0 Å². The molecular weight excluding hydrogens is 1060 g/mol. The predicted octanol–water partition coefficient (Wildman–Crippen LogP) is -4.14. The molecule has 12 atom stereocenters. The molecule has 0 fully saturated rings. The van der Waals surface area contributed by atoms with Gasteiger partial charge in [-0.15, -0.1) is 0 Å². The van der Waals surface area contributed by atoms with Gasteiger partial charge in [-0.1, -0.05) is 108 Å². The number of carbonyl (C=O) groups is 10. The molecule has 2 rings (SSSR count). The highest BCUT2D eigenvalue weighted by Gasteiger charge is 2.39. The van der Waals surface area contributed by atoms with Gasteiger partial charge in [0.15, 0.2) is 5.96 Å². The van der Waals surface area contributed by atoms with Crippen LogP contribution in [0.15, 0.2) is 65.7 Å². The number of nitrogens with zero attached hydrogens (tertiary/aromatic N) is 1. The van der Waals surface area contributed by atoms with Gasteiger partial charge in [0.25, 0.3) is 0 Å². The maximum Gasteiger partial charge on any atom is 0.408 e. The summed E-state index contributed by atoms with van der Waals surface area (Å²) in [6, 6.07) is 2.95. The van der Waals surface area contributed by atoms with Crippen LogP contribution < -0.4 is 65.1 Å². The van der Waals surface area contributed by atoms with Gasteiger partial charge in [-0.25, -0.2) is 9.59 Å². The molecule has 450 valence electrons. The SMILES string of the molecule is CCC[C@H](NC(=O)C(NC(=O)[C@@H](NC(=O)OCc1ccccc1)[C@H](N)c1ccccc1)[C@H](O)C(C)C)C(=O)N[C@H](CCCN=C(N)N)C(=O)N[C@H](C(=O)N[C@H](C(=O)NCC(=O)N[C@@H](CO)C(=O)N[C@@H](CO)C(=O)O)[C@H](C)O)[C@@H](C)CC. The first-order valence-corrected chi connectivity index (χ1v) is 26.3. The van der Waals surface area contributed by atoms with E-state index < -0.39 is 157 Å². The number of ether oxygens (including phenoxy) is 1. The van der Waals surface area contributed by atoms with E-state index in [1.165, 1.54) is 0 Å². The van der Waals surface area contributed by atoms with Crippen LogP contribution >= 0.6 is 0 Å². The molecule has 29 heteroatoms. The standard InChI is InChI=1S/C52H81N13O16/c1-7-16-32(60-49(77)41(42(70)27(3)4)64-48(76)40(37(53)31-19-13-10-14-20-31)65-52(80)81-26-30-17-11-9-12-18-30)43(71)59-33(21-15-22-56-51(54)55)44(72)62-38(28(5)8-2)47(75)63-39(29(6)68)46(74)57-23-36(69)58-34(24-66)45(73)61-35(25-67)50(78)79/h9-14,17-20,27-29,32-35,37-42,66-68,70H,7-8,15-16,21-26,53H2,1-6H3,(H,57,74)(H,58,69)(H,59,71)(H,60,77)(H,61,73)(H,62,72)(H,63,75)(H,64,76)(H,65,80)(H,78,79)(H4,54,55,56)/t28-,29-,32-,33+,34-,35-,37+,38-,39-,40-,41?,42+/m0/s1. The minimum absolute atomic E-state index is 0.0126. The molecule has 2 aromatic carbocycles. The van der Waals surface area contributed by atoms with Gasteiger partial charge < -0.3 is 95.3 Å². The smallest absolute Gasteiger partial charge is 0.408 e. The van der Waals surface area contributed by atoms with Gasteiger partial charge in [-0.05, 0) is 49.1 Å². The first kappa shape index (κ1) is 69.1. The number of carboxylic acid groups (broad SMARTS) is 1. The summed E-state index contributed by atoms with van der Waals surface area (Å²) in [6.45, 7) is 6.21. The highest BCUT2D eigenvalue weighted by Crippen LogP contribution is 2.17. The number of rotatable bonds is 35. The molecule has 0 aliphatic rings. The molecule has 0 radical (unpaired) electrons. The van der Waals surface area contributed by atoms with E-state index >= 15 is 0 Å². The van der Waals surface area contributed by atoms with Crippen LogP contribution in [0.25, 0.3) is 0 Å². The molecule has 0 aliphatic carbocycles. The van der Waals surface area contributed by atoms with Gasteiger partial charge in [-0.2, -0.15) is 0 Å². The fourth-order valence-corrected chi connectivity index (χ4v) is 7.65. The summed E-state index contributed by atoms with van der Waals surface area (Å²) in [4.78, 5) is 138. The number of amides is 9. The van der Waals surface area contributed by atoms with Crippen molar-refractivity contribution >= 4 is 65.3 Å². The van der Waals surface area contributed by atoms with E-state index in [1.54, 1.807) is 95.3 Å². The molecule has 0 saturated carbocycles. The quantitative estimate of drug-likeness (QED) is 0.0177. The second-order valence-corrected chi connectivity index (χ2v) is 19.4. The normalized spacial score (nSPS) is 15.5. The number of nitrogens with one attached hydrogen (secondary N) is 9. The molecule has 20 N–H and O–H groups in total. The number of hydrogen-bond acceptors (Lipinski definition) is 17. The highest BCUT2D eigenvalue weighted by atomic mass is 16.5. The third kappa shape index (κ3) is 23.7. The van der Waals surface area contributed by atoms with Gasteiger partial charge >= 0.3 is 12.1 Å². The Bertz CT molecular complexity index is 2420. The van der Waals surface area contributed by atoms with Crippen molar-refractivity contribution in [2.24, 2.45) is 34.0 Å². The Hall–Kier alpha value is -7.99. The van der Waals surface area contributed by atoms with Crippen LogP contribution in [0.5, 0.6) is 0 Å². The van der Waals surface area contributed by atoms with E-state index in [4.69, 9.17) is 27.0 Å². The van der Waals surface area contributed by atoms with Gasteiger partial charge in [0.05, 0.1) is 38.0 Å². The number of benzene rings is 2. The molecule has 81 heavy (non-hydrogen) atoms. The lowest BCUT2D eigenvalue weighted by Gasteiger charge is -2.31. The number of guanidine groups is 1. The van der Waals surface area contributed by atoms with Gasteiger partial charge in [0, 0.05) is 6.54 Å². The number of carboxylic acids is 1. The molecule has 9 amide bonds. The average Bonchev–Trinajstić information content (AvgIpc) is 3.44. The maximum absolute atomic E-state index is 14.3. The summed E-state index contributed by atoms with van der Waals surface area (Å²) in [5, 5.41) is 71.2. The Morgan fingerprint density at radius 2 is 1.10 bits per heavy atom. The lowest BCUT2D eigenvalue weighted by atomic mass is 9.96. The van der Waals surface area contributed by atoms with Gasteiger partial charge in [0.2, 0.25) is 47.3 Å². The summed E-state index contributed by atoms with van der Waals surface area (Å²) in [7, 11) is 0. The monoisotopic (exact) mass is 1140 g/mol. The molecule has 29 nitrogen and oxygen atoms in total. The number of nitrogens with two attached hydrogens (primary N) is 3. The van der Waals surface area contributed by atoms with Crippen LogP contribution in [0.4, 0.5) is 4.79 Å². The largest absolute Gasteiger partial charge is 0.480 e. The van der Waals surface area contributed by atoms with Crippen LogP contribution in [0.3, 0.4) is 0 Å². The van der Waals surface area contributed by atoms with E-state index in [2.05, 4.69) is 47.5 Å². The Kier molecular flexibility index (Phi) is 30.4. The molecule has 0 aliphatic heterocycles. The van der Waals surface area contributed by atoms with Crippen LogP contribution in [-0.4, -0.2) is 178 Å². The van der Waals surface area contributed by atoms with Crippen LogP contribution in [-0.2, 0) is 54.5 Å². The first-order chi connectivity index (χ1) is 38.3. The van der Waals surface area contributed by atoms with E-state index in [-0.39, 0.29) is 51.2 Å². The van der Waals surface area contributed by atoms with Crippen molar-refractivity contribution in [1.29, 1.82) is 0 Å². The summed E-state index contributed by atoms with van der Waals surface area (Å²) in [5.74, 6) is -11.4. The zero-order chi connectivity index (χ0) is 60.9.